The van der Waals surface area contributed by atoms with Crippen LogP contribution in [-0.4, -0.2) is 16.8 Å². The Morgan fingerprint density at radius 1 is 1.10 bits per heavy atom. The number of aromatic nitrogens is 2. The smallest absolute Gasteiger partial charge is 0.435 e. The van der Waals surface area contributed by atoms with Crippen LogP contribution in [0.5, 0.6) is 5.75 Å². The van der Waals surface area contributed by atoms with Crippen molar-refractivity contribution in [3.8, 4) is 5.75 Å². The molecular weight excluding hydrogens is 283 g/mol. The Kier molecular flexibility index (Phi) is 3.40. The van der Waals surface area contributed by atoms with Crippen LogP contribution in [0.15, 0.2) is 36.4 Å². The van der Waals surface area contributed by atoms with Crippen LogP contribution in [0.25, 0.3) is 0 Å². The molecule has 3 rings (SSSR count). The van der Waals surface area contributed by atoms with Crippen LogP contribution in [0.3, 0.4) is 0 Å². The molecule has 1 aromatic carbocycles. The van der Waals surface area contributed by atoms with Gasteiger partial charge in [0.15, 0.2) is 5.69 Å². The normalized spacial score (nSPS) is 17.8. The largest absolute Gasteiger partial charge is 0.493 e. The minimum Gasteiger partial charge on any atom is -0.493 e. The molecule has 0 radical (unpaired) electrons. The third-order valence-electron chi connectivity index (χ3n) is 3.24. The SMILES string of the molecule is FC(F)(F)c1ccc(NC2CCOc3ccccc32)nn1. The second-order valence-corrected chi connectivity index (χ2v) is 4.67. The highest BCUT2D eigenvalue weighted by Gasteiger charge is 2.33. The molecule has 110 valence electrons. The van der Waals surface area contributed by atoms with E-state index in [1.807, 2.05) is 24.3 Å². The van der Waals surface area contributed by atoms with Crippen molar-refractivity contribution < 1.29 is 17.9 Å². The summed E-state index contributed by atoms with van der Waals surface area (Å²) in [7, 11) is 0. The summed E-state index contributed by atoms with van der Waals surface area (Å²) in [5, 5.41) is 9.89. The quantitative estimate of drug-likeness (QED) is 0.922. The first-order valence-electron chi connectivity index (χ1n) is 6.43. The summed E-state index contributed by atoms with van der Waals surface area (Å²) in [4.78, 5) is 0. The van der Waals surface area contributed by atoms with Gasteiger partial charge in [0.25, 0.3) is 0 Å². The summed E-state index contributed by atoms with van der Waals surface area (Å²) in [6.45, 7) is 0.544. The van der Waals surface area contributed by atoms with Gasteiger partial charge in [-0.3, -0.25) is 0 Å². The summed E-state index contributed by atoms with van der Waals surface area (Å²) in [6, 6.07) is 9.69. The summed E-state index contributed by atoms with van der Waals surface area (Å²) in [6.07, 6.45) is -3.77. The molecule has 2 heterocycles. The number of anilines is 1. The molecule has 0 saturated carbocycles. The molecule has 1 aromatic heterocycles. The molecule has 0 aliphatic carbocycles. The standard InChI is InChI=1S/C14H12F3N3O/c15-14(16,17)12-5-6-13(20-19-12)18-10-7-8-21-11-4-2-1-3-9(10)11/h1-6,10H,7-8H2,(H,18,20). The molecule has 0 amide bonds. The van der Waals surface area contributed by atoms with Gasteiger partial charge in [0.1, 0.15) is 11.6 Å². The molecule has 1 aliphatic heterocycles. The zero-order valence-corrected chi connectivity index (χ0v) is 10.9. The predicted molar refractivity (Wildman–Crippen MR) is 70.0 cm³/mol. The summed E-state index contributed by atoms with van der Waals surface area (Å²) >= 11 is 0. The van der Waals surface area contributed by atoms with E-state index in [-0.39, 0.29) is 6.04 Å². The maximum absolute atomic E-state index is 12.4. The number of ether oxygens (including phenoxy) is 1. The summed E-state index contributed by atoms with van der Waals surface area (Å²) < 4.78 is 42.8. The highest BCUT2D eigenvalue weighted by Crippen LogP contribution is 2.34. The zero-order chi connectivity index (χ0) is 14.9. The molecule has 1 N–H and O–H groups in total. The molecule has 1 aliphatic rings. The second kappa shape index (κ2) is 5.23. The van der Waals surface area contributed by atoms with E-state index in [0.29, 0.717) is 18.8 Å². The maximum atomic E-state index is 12.4. The van der Waals surface area contributed by atoms with Gasteiger partial charge in [-0.2, -0.15) is 13.2 Å². The Bertz CT molecular complexity index is 628. The zero-order valence-electron chi connectivity index (χ0n) is 10.9. The number of rotatable bonds is 2. The average molecular weight is 295 g/mol. The number of para-hydroxylation sites is 1. The molecule has 1 atom stereocenters. The van der Waals surface area contributed by atoms with E-state index >= 15 is 0 Å². The van der Waals surface area contributed by atoms with Gasteiger partial charge in [0.05, 0.1) is 12.6 Å². The molecule has 0 saturated heterocycles. The number of nitrogens with zero attached hydrogens (tertiary/aromatic N) is 2. The van der Waals surface area contributed by atoms with E-state index in [9.17, 15) is 13.2 Å². The van der Waals surface area contributed by atoms with Crippen LogP contribution in [0.4, 0.5) is 19.0 Å². The maximum Gasteiger partial charge on any atom is 0.435 e. The molecule has 0 bridgehead atoms. The van der Waals surface area contributed by atoms with Gasteiger partial charge in [-0.1, -0.05) is 18.2 Å². The molecule has 0 fully saturated rings. The number of nitrogens with one attached hydrogen (secondary N) is 1. The molecular formula is C14H12F3N3O. The first-order valence-corrected chi connectivity index (χ1v) is 6.43. The number of hydrogen-bond acceptors (Lipinski definition) is 4. The molecule has 0 spiro atoms. The van der Waals surface area contributed by atoms with Gasteiger partial charge >= 0.3 is 6.18 Å². The fourth-order valence-electron chi connectivity index (χ4n) is 2.23. The van der Waals surface area contributed by atoms with Crippen LogP contribution in [0.1, 0.15) is 23.7 Å². The Labute approximate surface area is 119 Å². The molecule has 2 aromatic rings. The number of halogens is 3. The molecule has 21 heavy (non-hydrogen) atoms. The van der Waals surface area contributed by atoms with Crippen molar-refractivity contribution in [1.29, 1.82) is 0 Å². The van der Waals surface area contributed by atoms with Crippen LogP contribution in [-0.2, 0) is 6.18 Å². The van der Waals surface area contributed by atoms with Crippen LogP contribution >= 0.6 is 0 Å². The third-order valence-corrected chi connectivity index (χ3v) is 3.24. The predicted octanol–water partition coefficient (Wildman–Crippen LogP) is 3.43. The van der Waals surface area contributed by atoms with E-state index in [0.717, 1.165) is 17.4 Å². The Balaban J connectivity index is 1.79. The number of benzene rings is 1. The van der Waals surface area contributed by atoms with Gasteiger partial charge in [-0.15, -0.1) is 10.2 Å². The number of hydrogen-bond donors (Lipinski definition) is 1. The lowest BCUT2D eigenvalue weighted by molar-refractivity contribution is -0.141. The van der Waals surface area contributed by atoms with Crippen molar-refractivity contribution in [3.05, 3.63) is 47.7 Å². The average Bonchev–Trinajstić information content (AvgIpc) is 2.47. The lowest BCUT2D eigenvalue weighted by atomic mass is 10.0. The molecule has 4 nitrogen and oxygen atoms in total. The highest BCUT2D eigenvalue weighted by molar-refractivity contribution is 5.44. The minimum absolute atomic E-state index is 0.0546. The lowest BCUT2D eigenvalue weighted by Gasteiger charge is -2.26. The van der Waals surface area contributed by atoms with Crippen molar-refractivity contribution in [2.45, 2.75) is 18.6 Å². The van der Waals surface area contributed by atoms with Crippen LogP contribution in [0, 0.1) is 0 Å². The van der Waals surface area contributed by atoms with Crippen LogP contribution < -0.4 is 10.1 Å². The van der Waals surface area contributed by atoms with E-state index < -0.39 is 11.9 Å². The Morgan fingerprint density at radius 2 is 1.90 bits per heavy atom. The minimum atomic E-state index is -4.48. The molecule has 7 heteroatoms. The van der Waals surface area contributed by atoms with Crippen molar-refractivity contribution >= 4 is 5.82 Å². The third kappa shape index (κ3) is 2.91. The van der Waals surface area contributed by atoms with E-state index in [1.54, 1.807) is 0 Å². The topological polar surface area (TPSA) is 47.0 Å². The lowest BCUT2D eigenvalue weighted by Crippen LogP contribution is -2.21. The first-order chi connectivity index (χ1) is 10.0. The van der Waals surface area contributed by atoms with E-state index in [1.165, 1.54) is 6.07 Å². The van der Waals surface area contributed by atoms with E-state index in [4.69, 9.17) is 4.74 Å². The highest BCUT2D eigenvalue weighted by atomic mass is 19.4. The van der Waals surface area contributed by atoms with Crippen molar-refractivity contribution in [2.75, 3.05) is 11.9 Å². The van der Waals surface area contributed by atoms with Gasteiger partial charge in [0, 0.05) is 12.0 Å². The fraction of sp³-hybridized carbons (Fsp3) is 0.286. The van der Waals surface area contributed by atoms with Crippen molar-refractivity contribution in [1.82, 2.24) is 10.2 Å². The van der Waals surface area contributed by atoms with E-state index in [2.05, 4.69) is 15.5 Å². The van der Waals surface area contributed by atoms with Crippen molar-refractivity contribution in [2.24, 2.45) is 0 Å². The fourth-order valence-corrected chi connectivity index (χ4v) is 2.23. The first kappa shape index (κ1) is 13.7. The second-order valence-electron chi connectivity index (χ2n) is 4.67. The molecule has 1 unspecified atom stereocenters. The van der Waals surface area contributed by atoms with Gasteiger partial charge in [-0.25, -0.2) is 0 Å². The number of fused-ring (bicyclic) bond motifs is 1. The van der Waals surface area contributed by atoms with Gasteiger partial charge < -0.3 is 10.1 Å². The number of alkyl halides is 3. The monoisotopic (exact) mass is 295 g/mol. The Morgan fingerprint density at radius 3 is 2.62 bits per heavy atom. The van der Waals surface area contributed by atoms with Crippen molar-refractivity contribution in [3.63, 3.8) is 0 Å². The Hall–Kier alpha value is -2.31. The van der Waals surface area contributed by atoms with Gasteiger partial charge in [-0.05, 0) is 18.2 Å². The van der Waals surface area contributed by atoms with Crippen LogP contribution in [0.2, 0.25) is 0 Å². The summed E-state index contributed by atoms with van der Waals surface area (Å²) in [5.41, 5.74) is -0.0362. The summed E-state index contributed by atoms with van der Waals surface area (Å²) in [5.74, 6) is 1.09. The van der Waals surface area contributed by atoms with Gasteiger partial charge in [0.2, 0.25) is 0 Å².